The number of carboxylic acid groups (broad SMARTS) is 1. The zero-order valence-corrected chi connectivity index (χ0v) is 23.1. The third-order valence-corrected chi connectivity index (χ3v) is 13.2. The van der Waals surface area contributed by atoms with E-state index in [0.717, 1.165) is 24.8 Å². The first kappa shape index (κ1) is 24.4. The van der Waals surface area contributed by atoms with Crippen LogP contribution in [0.4, 0.5) is 0 Å². The summed E-state index contributed by atoms with van der Waals surface area (Å²) in [6.07, 6.45) is 10.9. The number of carbonyl (C=O) groups is 2. The van der Waals surface area contributed by atoms with Gasteiger partial charge in [-0.3, -0.25) is 9.59 Å². The summed E-state index contributed by atoms with van der Waals surface area (Å²) in [5, 5.41) is 14.5. The molecule has 0 amide bonds. The van der Waals surface area contributed by atoms with Crippen LogP contribution in [-0.2, 0) is 21.4 Å². The van der Waals surface area contributed by atoms with Crippen LogP contribution in [0, 0.1) is 51.2 Å². The summed E-state index contributed by atoms with van der Waals surface area (Å²) < 4.78 is 5.59. The van der Waals surface area contributed by atoms with Crippen molar-refractivity contribution in [3.63, 3.8) is 0 Å². The lowest BCUT2D eigenvalue weighted by Gasteiger charge is -2.69. The molecule has 1 aromatic heterocycles. The van der Waals surface area contributed by atoms with Crippen molar-refractivity contribution in [1.29, 1.82) is 0 Å². The molecule has 5 aliphatic carbocycles. The van der Waals surface area contributed by atoms with Crippen LogP contribution in [0.25, 0.3) is 0 Å². The SMILES string of the molecule is C[C@H]1[C@H](C)CC[C@]2(C)CC[C@]3(C)C(=CC(=O)[C@@H]4[C@@]5(C)Cc6cnoc6[C@](C)(C(=O)O)[C@@H]5CC[C@]43C)[C@H]12. The van der Waals surface area contributed by atoms with Crippen molar-refractivity contribution in [3.05, 3.63) is 29.2 Å². The van der Waals surface area contributed by atoms with Gasteiger partial charge in [0.1, 0.15) is 5.41 Å². The largest absolute Gasteiger partial charge is 0.480 e. The molecule has 0 bridgehead atoms. The molecule has 6 rings (SSSR count). The van der Waals surface area contributed by atoms with Crippen LogP contribution in [0.2, 0.25) is 0 Å². The maximum absolute atomic E-state index is 14.4. The lowest BCUT2D eigenvalue weighted by molar-refractivity contribution is -0.182. The number of nitrogens with zero attached hydrogens (tertiary/aromatic N) is 1. The molecule has 5 nitrogen and oxygen atoms in total. The van der Waals surface area contributed by atoms with Crippen molar-refractivity contribution in [3.8, 4) is 0 Å². The normalized spacial score (nSPS) is 51.7. The van der Waals surface area contributed by atoms with Gasteiger partial charge in [0.2, 0.25) is 0 Å². The van der Waals surface area contributed by atoms with Crippen molar-refractivity contribution in [1.82, 2.24) is 5.16 Å². The maximum Gasteiger partial charge on any atom is 0.317 e. The van der Waals surface area contributed by atoms with E-state index in [4.69, 9.17) is 4.52 Å². The van der Waals surface area contributed by atoms with Gasteiger partial charge in [0, 0.05) is 11.5 Å². The highest BCUT2D eigenvalue weighted by Crippen LogP contribution is 2.74. The maximum atomic E-state index is 14.4. The number of aromatic nitrogens is 1. The Kier molecular flexibility index (Phi) is 4.84. The Hall–Kier alpha value is -1.91. The highest BCUT2D eigenvalue weighted by Gasteiger charge is 2.72. The molecule has 0 radical (unpaired) electrons. The van der Waals surface area contributed by atoms with Gasteiger partial charge in [-0.1, -0.05) is 52.3 Å². The van der Waals surface area contributed by atoms with E-state index in [0.29, 0.717) is 29.9 Å². The summed E-state index contributed by atoms with van der Waals surface area (Å²) in [7, 11) is 0. The van der Waals surface area contributed by atoms with E-state index in [2.05, 4.69) is 52.8 Å². The fraction of sp³-hybridized carbons (Fsp3) is 0.774. The van der Waals surface area contributed by atoms with Gasteiger partial charge in [0.15, 0.2) is 11.5 Å². The first-order valence-electron chi connectivity index (χ1n) is 14.2. The Morgan fingerprint density at radius 1 is 1.06 bits per heavy atom. The Morgan fingerprint density at radius 3 is 2.47 bits per heavy atom. The minimum atomic E-state index is -1.18. The van der Waals surface area contributed by atoms with Gasteiger partial charge in [-0.05, 0) is 103 Å². The number of hydrogen-bond acceptors (Lipinski definition) is 4. The smallest absolute Gasteiger partial charge is 0.317 e. The molecule has 0 unspecified atom stereocenters. The molecule has 0 aliphatic heterocycles. The molecule has 1 heterocycles. The van der Waals surface area contributed by atoms with Crippen LogP contribution in [-0.4, -0.2) is 22.0 Å². The summed E-state index contributed by atoms with van der Waals surface area (Å²) in [4.78, 5) is 27.2. The number of rotatable bonds is 1. The van der Waals surface area contributed by atoms with Crippen LogP contribution in [0.5, 0.6) is 0 Å². The fourth-order valence-corrected chi connectivity index (χ4v) is 10.9. The first-order valence-corrected chi connectivity index (χ1v) is 14.2. The van der Waals surface area contributed by atoms with Crippen LogP contribution in [0.1, 0.15) is 98.3 Å². The van der Waals surface area contributed by atoms with Gasteiger partial charge in [-0.25, -0.2) is 0 Å². The molecule has 5 aliphatic rings. The van der Waals surface area contributed by atoms with Gasteiger partial charge < -0.3 is 9.63 Å². The number of fused-ring (bicyclic) bond motifs is 8. The van der Waals surface area contributed by atoms with Gasteiger partial charge in [-0.15, -0.1) is 0 Å². The van der Waals surface area contributed by atoms with Crippen molar-refractivity contribution in [2.75, 3.05) is 0 Å². The Bertz CT molecular complexity index is 1180. The van der Waals surface area contributed by atoms with Gasteiger partial charge in [0.05, 0.1) is 6.20 Å². The monoisotopic (exact) mass is 493 g/mol. The minimum absolute atomic E-state index is 0.0520. The van der Waals surface area contributed by atoms with Crippen molar-refractivity contribution >= 4 is 11.8 Å². The fourth-order valence-electron chi connectivity index (χ4n) is 10.9. The summed E-state index contributed by atoms with van der Waals surface area (Å²) in [6.45, 7) is 16.1. The molecule has 0 spiro atoms. The molecule has 0 aromatic carbocycles. The van der Waals surface area contributed by atoms with E-state index < -0.39 is 16.8 Å². The summed E-state index contributed by atoms with van der Waals surface area (Å²) in [5.41, 5.74) is 0.659. The first-order chi connectivity index (χ1) is 16.7. The molecule has 5 heteroatoms. The van der Waals surface area contributed by atoms with E-state index in [1.54, 1.807) is 13.1 Å². The summed E-state index contributed by atoms with van der Waals surface area (Å²) >= 11 is 0. The lowest BCUT2D eigenvalue weighted by Crippen LogP contribution is -2.67. The van der Waals surface area contributed by atoms with Crippen LogP contribution in [0.15, 0.2) is 22.4 Å². The number of ketones is 1. The molecular formula is C31H43NO4. The van der Waals surface area contributed by atoms with E-state index in [1.807, 2.05) is 0 Å². The Labute approximate surface area is 215 Å². The topological polar surface area (TPSA) is 80.4 Å². The molecule has 3 fully saturated rings. The standard InChI is InChI=1S/C31H43NO4/c1-17-8-10-27(3)12-13-29(5)20(23(27)18(17)2)14-21(33)24-28(4)15-19-16-32-36-25(19)31(7,26(34)35)22(28)9-11-30(24,29)6/h14,16-18,22-24H,8-13,15H2,1-7H3,(H,34,35)/t17-,18+,22-,23+,24-,27-,28+,29-,30-,31-/m1/s1. The molecular weight excluding hydrogens is 450 g/mol. The Balaban J connectivity index is 1.53. The molecule has 3 saturated carbocycles. The molecule has 1 N–H and O–H groups in total. The van der Waals surface area contributed by atoms with Crippen molar-refractivity contribution in [2.24, 2.45) is 51.2 Å². The average Bonchev–Trinajstić information content (AvgIpc) is 3.26. The van der Waals surface area contributed by atoms with Gasteiger partial charge >= 0.3 is 5.97 Å². The van der Waals surface area contributed by atoms with E-state index in [-0.39, 0.29) is 33.9 Å². The molecule has 196 valence electrons. The quantitative estimate of drug-likeness (QED) is 0.476. The molecule has 36 heavy (non-hydrogen) atoms. The number of allylic oxidation sites excluding steroid dienone is 2. The summed E-state index contributed by atoms with van der Waals surface area (Å²) in [6, 6.07) is 0. The van der Waals surface area contributed by atoms with Crippen LogP contribution >= 0.6 is 0 Å². The molecule has 0 saturated heterocycles. The third kappa shape index (κ3) is 2.61. The van der Waals surface area contributed by atoms with E-state index >= 15 is 0 Å². The van der Waals surface area contributed by atoms with Crippen LogP contribution in [0.3, 0.4) is 0 Å². The molecule has 1 aromatic rings. The number of carboxylic acids is 1. The second kappa shape index (κ2) is 7.14. The van der Waals surface area contributed by atoms with E-state index in [1.165, 1.54) is 24.8 Å². The zero-order chi connectivity index (χ0) is 26.1. The highest BCUT2D eigenvalue weighted by molar-refractivity contribution is 5.96. The predicted molar refractivity (Wildman–Crippen MR) is 137 cm³/mol. The average molecular weight is 494 g/mol. The van der Waals surface area contributed by atoms with Crippen LogP contribution < -0.4 is 0 Å². The molecule has 10 atom stereocenters. The van der Waals surface area contributed by atoms with Gasteiger partial charge in [-0.2, -0.15) is 0 Å². The third-order valence-electron chi connectivity index (χ3n) is 13.2. The number of carbonyl (C=O) groups excluding carboxylic acids is 1. The van der Waals surface area contributed by atoms with Crippen molar-refractivity contribution in [2.45, 2.75) is 98.8 Å². The summed E-state index contributed by atoms with van der Waals surface area (Å²) in [5.74, 6) is 1.16. The van der Waals surface area contributed by atoms with Gasteiger partial charge in [0.25, 0.3) is 0 Å². The predicted octanol–water partition coefficient (Wildman–Crippen LogP) is 6.61. The second-order valence-corrected chi connectivity index (χ2v) is 14.7. The number of aliphatic carboxylic acids is 1. The Morgan fingerprint density at radius 2 is 1.78 bits per heavy atom. The zero-order valence-electron chi connectivity index (χ0n) is 23.1. The van der Waals surface area contributed by atoms with E-state index in [9.17, 15) is 14.7 Å². The highest BCUT2D eigenvalue weighted by atomic mass is 16.5. The van der Waals surface area contributed by atoms with Crippen molar-refractivity contribution < 1.29 is 19.2 Å². The minimum Gasteiger partial charge on any atom is -0.480 e. The number of hydrogen-bond donors (Lipinski definition) is 1. The second-order valence-electron chi connectivity index (χ2n) is 14.7. The lowest BCUT2D eigenvalue weighted by atomic mass is 9.33.